The Hall–Kier alpha value is -1.40. The lowest BCUT2D eigenvalue weighted by Gasteiger charge is -2.29. The van der Waals surface area contributed by atoms with Gasteiger partial charge in [0.15, 0.2) is 5.13 Å². The molecular weight excluding hydrogens is 287 g/mol. The van der Waals surface area contributed by atoms with E-state index >= 15 is 0 Å². The molecule has 19 heavy (non-hydrogen) atoms. The fourth-order valence-corrected chi connectivity index (χ4v) is 3.40. The number of phosphoric ester groups is 1. The van der Waals surface area contributed by atoms with Gasteiger partial charge in [-0.25, -0.2) is 4.98 Å². The van der Waals surface area contributed by atoms with E-state index in [4.69, 9.17) is 5.73 Å². The van der Waals surface area contributed by atoms with Crippen LogP contribution in [0.15, 0.2) is 18.2 Å². The molecule has 1 aromatic heterocycles. The monoisotopic (exact) mass is 296 g/mol. The molecule has 0 spiro atoms. The highest BCUT2D eigenvalue weighted by molar-refractivity contribution is 7.43. The van der Waals surface area contributed by atoms with Crippen LogP contribution in [0.2, 0.25) is 0 Å². The zero-order valence-corrected chi connectivity index (χ0v) is 11.4. The second kappa shape index (κ2) is 4.31. The van der Waals surface area contributed by atoms with Crippen molar-refractivity contribution in [3.63, 3.8) is 0 Å². The molecule has 3 rings (SSSR count). The van der Waals surface area contributed by atoms with Gasteiger partial charge in [0.1, 0.15) is 13.6 Å². The molecule has 1 aromatic carbocycles. The van der Waals surface area contributed by atoms with Crippen molar-refractivity contribution in [3.8, 4) is 17.0 Å². The number of aryl methyl sites for hydroxylation is 2. The Labute approximate surface area is 113 Å². The highest BCUT2D eigenvalue weighted by Gasteiger charge is 2.20. The fraction of sp³-hybridized carbons (Fsp3) is 0.182. The van der Waals surface area contributed by atoms with Crippen LogP contribution in [-0.2, 0) is 17.4 Å². The number of hydrogen-bond donors (Lipinski definition) is 1. The standard InChI is InChI=1S/C11H11N2O4PS/c12-11-13-10-8-5-7(17-18(14,15)16)3-1-6(8)2-4-9(10)19-11/h1,3,5H,2,4H2,(H2,12,13)(H2,14,15,16)/p-2. The Morgan fingerprint density at radius 2 is 2.16 bits per heavy atom. The molecule has 6 nitrogen and oxygen atoms in total. The number of thiazole rings is 1. The van der Waals surface area contributed by atoms with Crippen LogP contribution in [0.4, 0.5) is 5.13 Å². The lowest BCUT2D eigenvalue weighted by atomic mass is 9.93. The molecule has 0 fully saturated rings. The first-order valence-corrected chi connectivity index (χ1v) is 7.80. The van der Waals surface area contributed by atoms with Crippen LogP contribution in [0.5, 0.6) is 5.75 Å². The molecule has 1 aliphatic rings. The quantitative estimate of drug-likeness (QED) is 0.816. The average Bonchev–Trinajstić information content (AvgIpc) is 2.67. The summed E-state index contributed by atoms with van der Waals surface area (Å²) in [5, 5.41) is 0.475. The highest BCUT2D eigenvalue weighted by atomic mass is 32.1. The maximum Gasteiger partial charge on any atom is 0.180 e. The molecule has 2 aromatic rings. The van der Waals surface area contributed by atoms with Crippen molar-refractivity contribution in [2.45, 2.75) is 12.8 Å². The first kappa shape index (κ1) is 12.6. The molecule has 0 atom stereocenters. The number of anilines is 1. The van der Waals surface area contributed by atoms with Gasteiger partial charge in [-0.2, -0.15) is 0 Å². The minimum Gasteiger partial charge on any atom is -0.780 e. The Kier molecular flexibility index (Phi) is 2.87. The van der Waals surface area contributed by atoms with Gasteiger partial charge >= 0.3 is 0 Å². The highest BCUT2D eigenvalue weighted by Crippen LogP contribution is 2.40. The van der Waals surface area contributed by atoms with E-state index < -0.39 is 7.82 Å². The van der Waals surface area contributed by atoms with E-state index in [9.17, 15) is 14.4 Å². The Bertz CT molecular complexity index is 694. The molecule has 0 unspecified atom stereocenters. The van der Waals surface area contributed by atoms with E-state index in [-0.39, 0.29) is 5.75 Å². The van der Waals surface area contributed by atoms with E-state index in [1.54, 1.807) is 6.07 Å². The summed E-state index contributed by atoms with van der Waals surface area (Å²) in [5.41, 5.74) is 8.25. The molecule has 0 radical (unpaired) electrons. The molecule has 0 amide bonds. The summed E-state index contributed by atoms with van der Waals surface area (Å²) in [7, 11) is -5.05. The number of aromatic nitrogens is 1. The van der Waals surface area contributed by atoms with E-state index in [1.807, 2.05) is 0 Å². The van der Waals surface area contributed by atoms with Crippen LogP contribution in [0.1, 0.15) is 10.4 Å². The first-order chi connectivity index (χ1) is 8.92. The van der Waals surface area contributed by atoms with Crippen LogP contribution in [-0.4, -0.2) is 4.98 Å². The average molecular weight is 296 g/mol. The van der Waals surface area contributed by atoms with Crippen molar-refractivity contribution in [1.82, 2.24) is 4.98 Å². The van der Waals surface area contributed by atoms with E-state index in [1.165, 1.54) is 23.5 Å². The number of phosphoric acid groups is 1. The zero-order valence-electron chi connectivity index (χ0n) is 9.66. The van der Waals surface area contributed by atoms with Crippen molar-refractivity contribution < 1.29 is 18.9 Å². The molecule has 0 aliphatic heterocycles. The number of nitrogens with zero attached hydrogens (tertiary/aromatic N) is 1. The number of rotatable bonds is 2. The molecule has 1 aliphatic carbocycles. The molecule has 1 heterocycles. The molecule has 100 valence electrons. The topological polar surface area (TPSA) is 111 Å². The number of fused-ring (bicyclic) bond motifs is 3. The van der Waals surface area contributed by atoms with Crippen LogP contribution in [0.25, 0.3) is 11.3 Å². The third-order valence-electron chi connectivity index (χ3n) is 2.89. The van der Waals surface area contributed by atoms with Crippen molar-refractivity contribution in [2.75, 3.05) is 5.73 Å². The zero-order chi connectivity index (χ0) is 13.6. The maximum absolute atomic E-state index is 10.6. The maximum atomic E-state index is 10.6. The van der Waals surface area contributed by atoms with Gasteiger partial charge in [-0.15, -0.1) is 11.3 Å². The van der Waals surface area contributed by atoms with E-state index in [0.717, 1.165) is 34.5 Å². The predicted octanol–water partition coefficient (Wildman–Crippen LogP) is 0.698. The summed E-state index contributed by atoms with van der Waals surface area (Å²) in [4.78, 5) is 26.6. The van der Waals surface area contributed by atoms with Gasteiger partial charge in [-0.05, 0) is 30.5 Å². The van der Waals surface area contributed by atoms with Gasteiger partial charge in [0, 0.05) is 10.4 Å². The van der Waals surface area contributed by atoms with Crippen molar-refractivity contribution in [1.29, 1.82) is 0 Å². The van der Waals surface area contributed by atoms with Crippen molar-refractivity contribution in [2.24, 2.45) is 0 Å². The summed E-state index contributed by atoms with van der Waals surface area (Å²) < 4.78 is 15.0. The number of benzene rings is 1. The first-order valence-electron chi connectivity index (χ1n) is 5.52. The minimum absolute atomic E-state index is 0.00602. The van der Waals surface area contributed by atoms with Crippen LogP contribution in [0.3, 0.4) is 0 Å². The van der Waals surface area contributed by atoms with E-state index in [0.29, 0.717) is 5.13 Å². The summed E-state index contributed by atoms with van der Waals surface area (Å²) in [6.45, 7) is 0. The number of nitrogens with two attached hydrogens (primary N) is 1. The van der Waals surface area contributed by atoms with E-state index in [2.05, 4.69) is 9.51 Å². The summed E-state index contributed by atoms with van der Waals surface area (Å²) in [6.07, 6.45) is 1.69. The number of nitrogen functional groups attached to an aromatic ring is 1. The van der Waals surface area contributed by atoms with Gasteiger partial charge in [-0.3, -0.25) is 0 Å². The van der Waals surface area contributed by atoms with Gasteiger partial charge in [0.05, 0.1) is 5.69 Å². The van der Waals surface area contributed by atoms with Gasteiger partial charge in [-0.1, -0.05) is 6.07 Å². The van der Waals surface area contributed by atoms with Crippen LogP contribution < -0.4 is 20.0 Å². The SMILES string of the molecule is Nc1nc2c(s1)CCc1ccc(OP(=O)([O-])[O-])cc1-2. The van der Waals surface area contributed by atoms with Crippen molar-refractivity contribution in [3.05, 3.63) is 28.6 Å². The normalized spacial score (nSPS) is 13.8. The summed E-state index contributed by atoms with van der Waals surface area (Å²) in [5.74, 6) is 0.00602. The van der Waals surface area contributed by atoms with Gasteiger partial charge in [0.25, 0.3) is 0 Å². The lowest BCUT2D eigenvalue weighted by Crippen LogP contribution is -2.18. The molecule has 0 saturated carbocycles. The lowest BCUT2D eigenvalue weighted by molar-refractivity contribution is -0.333. The third kappa shape index (κ3) is 2.50. The molecule has 8 heteroatoms. The van der Waals surface area contributed by atoms with Crippen LogP contribution >= 0.6 is 19.2 Å². The largest absolute Gasteiger partial charge is 0.780 e. The molecule has 2 N–H and O–H groups in total. The Morgan fingerprint density at radius 1 is 1.37 bits per heavy atom. The summed E-state index contributed by atoms with van der Waals surface area (Å²) in [6, 6.07) is 4.75. The minimum atomic E-state index is -5.05. The number of hydrogen-bond acceptors (Lipinski definition) is 7. The summed E-state index contributed by atoms with van der Waals surface area (Å²) >= 11 is 1.42. The Morgan fingerprint density at radius 3 is 2.89 bits per heavy atom. The molecule has 0 bridgehead atoms. The van der Waals surface area contributed by atoms with Gasteiger partial charge in [0.2, 0.25) is 0 Å². The smallest absolute Gasteiger partial charge is 0.180 e. The third-order valence-corrected chi connectivity index (χ3v) is 4.27. The molecular formula is C11H9N2O4PS-2. The second-order valence-electron chi connectivity index (χ2n) is 4.18. The van der Waals surface area contributed by atoms with Crippen molar-refractivity contribution >= 4 is 24.3 Å². The molecule has 0 saturated heterocycles. The van der Waals surface area contributed by atoms with Gasteiger partial charge < -0.3 is 24.6 Å². The fourth-order valence-electron chi connectivity index (χ4n) is 2.18. The predicted molar refractivity (Wildman–Crippen MR) is 67.6 cm³/mol. The van der Waals surface area contributed by atoms with Crippen LogP contribution in [0, 0.1) is 0 Å². The Balaban J connectivity index is 2.07. The second-order valence-corrected chi connectivity index (χ2v) is 6.37.